The Bertz CT molecular complexity index is 369. The van der Waals surface area contributed by atoms with Gasteiger partial charge in [-0.15, -0.1) is 11.8 Å². The zero-order chi connectivity index (χ0) is 9.54. The second kappa shape index (κ2) is 2.98. The highest BCUT2D eigenvalue weighted by atomic mass is 32.2. The van der Waals surface area contributed by atoms with Gasteiger partial charge in [0.2, 0.25) is 0 Å². The molecule has 1 saturated heterocycles. The summed E-state index contributed by atoms with van der Waals surface area (Å²) in [5.74, 6) is 2.61. The molecule has 2 aliphatic rings. The van der Waals surface area contributed by atoms with Crippen LogP contribution in [0, 0.1) is 0 Å². The number of nitrogens with one attached hydrogen (secondary N) is 1. The number of nitrogens with zero attached hydrogens (tertiary/aromatic N) is 1. The third-order valence-corrected chi connectivity index (χ3v) is 3.88. The molecule has 0 bridgehead atoms. The van der Waals surface area contributed by atoms with Gasteiger partial charge in [-0.1, -0.05) is 0 Å². The fourth-order valence-corrected chi connectivity index (χ4v) is 3.28. The molecule has 2 N–H and O–H groups in total. The minimum Gasteiger partial charge on any atom is -0.508 e. The molecule has 1 fully saturated rings. The first kappa shape index (κ1) is 8.29. The zero-order valence-corrected chi connectivity index (χ0v) is 8.55. The number of fused-ring (bicyclic) bond motifs is 3. The van der Waals surface area contributed by atoms with E-state index in [4.69, 9.17) is 0 Å². The Morgan fingerprint density at radius 2 is 2.43 bits per heavy atom. The summed E-state index contributed by atoms with van der Waals surface area (Å²) in [5.41, 5.74) is 2.29. The highest BCUT2D eigenvalue weighted by molar-refractivity contribution is 7.99. The Balaban J connectivity index is 2.05. The van der Waals surface area contributed by atoms with Crippen molar-refractivity contribution in [3.63, 3.8) is 0 Å². The minimum absolute atomic E-state index is 0.335. The molecule has 74 valence electrons. The van der Waals surface area contributed by atoms with Crippen molar-refractivity contribution in [1.82, 2.24) is 0 Å². The molecule has 0 saturated carbocycles. The summed E-state index contributed by atoms with van der Waals surface area (Å²) in [6.45, 7) is 0.990. The number of rotatable bonds is 0. The van der Waals surface area contributed by atoms with Crippen molar-refractivity contribution < 1.29 is 5.11 Å². The van der Waals surface area contributed by atoms with Gasteiger partial charge >= 0.3 is 0 Å². The van der Waals surface area contributed by atoms with Crippen LogP contribution in [0.1, 0.15) is 0 Å². The third-order valence-electron chi connectivity index (χ3n) is 2.80. The molecule has 0 unspecified atom stereocenters. The molecule has 4 heteroatoms. The van der Waals surface area contributed by atoms with Crippen molar-refractivity contribution in [2.45, 2.75) is 6.04 Å². The van der Waals surface area contributed by atoms with Gasteiger partial charge in [-0.25, -0.2) is 0 Å². The standard InChI is InChI=1S/C10H12N2OS/c13-8-1-2-10-9(3-8)11-4-7-5-14-6-12(7)10/h1-3,7,11,13H,4-6H2/t7-/m0/s1. The lowest BCUT2D eigenvalue weighted by Gasteiger charge is -2.33. The van der Waals surface area contributed by atoms with Gasteiger partial charge in [0.15, 0.2) is 0 Å². The van der Waals surface area contributed by atoms with E-state index in [1.165, 1.54) is 11.4 Å². The fraction of sp³-hybridized carbons (Fsp3) is 0.400. The number of phenols is 1. The lowest BCUT2D eigenvalue weighted by Crippen LogP contribution is -2.40. The first-order valence-electron chi connectivity index (χ1n) is 4.76. The predicted molar refractivity (Wildman–Crippen MR) is 60.2 cm³/mol. The van der Waals surface area contributed by atoms with Crippen LogP contribution in [0.4, 0.5) is 11.4 Å². The topological polar surface area (TPSA) is 35.5 Å². The number of thioether (sulfide) groups is 1. The first-order chi connectivity index (χ1) is 6.84. The molecule has 1 aromatic rings. The summed E-state index contributed by atoms with van der Waals surface area (Å²) in [4.78, 5) is 2.41. The largest absolute Gasteiger partial charge is 0.508 e. The van der Waals surface area contributed by atoms with Gasteiger partial charge in [0.05, 0.1) is 23.3 Å². The molecular weight excluding hydrogens is 196 g/mol. The smallest absolute Gasteiger partial charge is 0.117 e. The Labute approximate surface area is 87.1 Å². The number of phenolic OH excluding ortho intramolecular Hbond substituents is 1. The number of anilines is 2. The van der Waals surface area contributed by atoms with E-state index < -0.39 is 0 Å². The number of aromatic hydroxyl groups is 1. The van der Waals surface area contributed by atoms with Gasteiger partial charge in [0.1, 0.15) is 5.75 Å². The molecule has 2 aliphatic heterocycles. The first-order valence-corrected chi connectivity index (χ1v) is 5.91. The van der Waals surface area contributed by atoms with Crippen LogP contribution < -0.4 is 10.2 Å². The highest BCUT2D eigenvalue weighted by Crippen LogP contribution is 2.38. The maximum absolute atomic E-state index is 9.36. The number of benzene rings is 1. The van der Waals surface area contributed by atoms with Crippen molar-refractivity contribution in [2.75, 3.05) is 28.4 Å². The summed E-state index contributed by atoms with van der Waals surface area (Å²) in [6.07, 6.45) is 0. The van der Waals surface area contributed by atoms with E-state index >= 15 is 0 Å². The quantitative estimate of drug-likeness (QED) is 0.680. The molecule has 0 spiro atoms. The second-order valence-corrected chi connectivity index (χ2v) is 4.71. The summed E-state index contributed by atoms with van der Waals surface area (Å²) >= 11 is 1.97. The summed E-state index contributed by atoms with van der Waals surface area (Å²) < 4.78 is 0. The molecule has 1 atom stereocenters. The fourth-order valence-electron chi connectivity index (χ4n) is 2.06. The van der Waals surface area contributed by atoms with Crippen molar-refractivity contribution in [3.8, 4) is 5.75 Å². The van der Waals surface area contributed by atoms with E-state index in [-0.39, 0.29) is 0 Å². The monoisotopic (exact) mass is 208 g/mol. The molecule has 0 aromatic heterocycles. The lowest BCUT2D eigenvalue weighted by atomic mass is 10.1. The summed E-state index contributed by atoms with van der Waals surface area (Å²) in [6, 6.07) is 6.17. The molecular formula is C10H12N2OS. The van der Waals surface area contributed by atoms with Gasteiger partial charge in [-0.2, -0.15) is 0 Å². The van der Waals surface area contributed by atoms with Crippen molar-refractivity contribution >= 4 is 23.1 Å². The van der Waals surface area contributed by atoms with Gasteiger partial charge < -0.3 is 15.3 Å². The molecule has 1 aromatic carbocycles. The van der Waals surface area contributed by atoms with Gasteiger partial charge in [-0.05, 0) is 12.1 Å². The highest BCUT2D eigenvalue weighted by Gasteiger charge is 2.30. The van der Waals surface area contributed by atoms with E-state index in [9.17, 15) is 5.11 Å². The average molecular weight is 208 g/mol. The molecule has 2 heterocycles. The zero-order valence-electron chi connectivity index (χ0n) is 7.73. The number of hydrogen-bond donors (Lipinski definition) is 2. The van der Waals surface area contributed by atoms with Crippen LogP contribution in [0.2, 0.25) is 0 Å². The average Bonchev–Trinajstić information content (AvgIpc) is 2.65. The Morgan fingerprint density at radius 3 is 3.36 bits per heavy atom. The Hall–Kier alpha value is -1.03. The van der Waals surface area contributed by atoms with E-state index in [0.29, 0.717) is 11.8 Å². The van der Waals surface area contributed by atoms with Crippen molar-refractivity contribution in [1.29, 1.82) is 0 Å². The van der Waals surface area contributed by atoms with Crippen LogP contribution in [0.5, 0.6) is 5.75 Å². The van der Waals surface area contributed by atoms with Crippen LogP contribution in [0.25, 0.3) is 0 Å². The molecule has 0 radical (unpaired) electrons. The molecule has 3 nitrogen and oxygen atoms in total. The maximum Gasteiger partial charge on any atom is 0.117 e. The van der Waals surface area contributed by atoms with E-state index in [2.05, 4.69) is 10.2 Å². The van der Waals surface area contributed by atoms with Gasteiger partial charge in [-0.3, -0.25) is 0 Å². The minimum atomic E-state index is 0.335. The molecule has 0 amide bonds. The Kier molecular flexibility index (Phi) is 1.77. The van der Waals surface area contributed by atoms with E-state index in [1.54, 1.807) is 12.1 Å². The van der Waals surface area contributed by atoms with E-state index in [1.807, 2.05) is 17.8 Å². The molecule has 3 rings (SSSR count). The predicted octanol–water partition coefficient (Wildman–Crippen LogP) is 1.70. The summed E-state index contributed by atoms with van der Waals surface area (Å²) in [5, 5.41) is 12.7. The van der Waals surface area contributed by atoms with Crippen molar-refractivity contribution in [3.05, 3.63) is 18.2 Å². The van der Waals surface area contributed by atoms with Crippen LogP contribution in [0.15, 0.2) is 18.2 Å². The Morgan fingerprint density at radius 1 is 1.50 bits per heavy atom. The molecule has 14 heavy (non-hydrogen) atoms. The van der Waals surface area contributed by atoms with E-state index in [0.717, 1.165) is 18.1 Å². The lowest BCUT2D eigenvalue weighted by molar-refractivity contribution is 0.475. The normalized spacial score (nSPS) is 24.0. The summed E-state index contributed by atoms with van der Waals surface area (Å²) in [7, 11) is 0. The second-order valence-electron chi connectivity index (χ2n) is 3.71. The van der Waals surface area contributed by atoms with Crippen LogP contribution in [0.3, 0.4) is 0 Å². The van der Waals surface area contributed by atoms with Crippen LogP contribution in [-0.4, -0.2) is 29.3 Å². The third kappa shape index (κ3) is 1.14. The maximum atomic E-state index is 9.36. The van der Waals surface area contributed by atoms with Gasteiger partial charge in [0, 0.05) is 18.4 Å². The number of hydrogen-bond acceptors (Lipinski definition) is 4. The van der Waals surface area contributed by atoms with Gasteiger partial charge in [0.25, 0.3) is 0 Å². The van der Waals surface area contributed by atoms with Crippen molar-refractivity contribution in [2.24, 2.45) is 0 Å². The molecule has 0 aliphatic carbocycles. The van der Waals surface area contributed by atoms with Crippen LogP contribution in [-0.2, 0) is 0 Å². The van der Waals surface area contributed by atoms with Crippen LogP contribution >= 0.6 is 11.8 Å². The SMILES string of the molecule is Oc1ccc2c(c1)NC[C@H]1CSCN21.